The first-order chi connectivity index (χ1) is 32.5. The van der Waals surface area contributed by atoms with Crippen LogP contribution in [0.3, 0.4) is 0 Å². The third kappa shape index (κ3) is 13.5. The first-order valence-electron chi connectivity index (χ1n) is 20.4. The number of hydrogen-bond acceptors (Lipinski definition) is 18. The lowest BCUT2D eigenvalue weighted by Crippen LogP contribution is -2.55. The topological polar surface area (TPSA) is 277 Å². The molecule has 4 aromatic rings. The lowest BCUT2D eigenvalue weighted by Gasteiger charge is -2.39. The molecule has 0 bridgehead atoms. The molecule has 2 aromatic heterocycles. The number of nitrogens with one attached hydrogen (secondary N) is 2. The van der Waals surface area contributed by atoms with Crippen LogP contribution >= 0.6 is 11.6 Å². The predicted molar refractivity (Wildman–Crippen MR) is 239 cm³/mol. The van der Waals surface area contributed by atoms with E-state index in [0.717, 1.165) is 24.3 Å². The second-order valence-electron chi connectivity index (χ2n) is 15.0. The highest BCUT2D eigenvalue weighted by Gasteiger charge is 2.39. The van der Waals surface area contributed by atoms with Gasteiger partial charge in [0.15, 0.2) is 11.6 Å². The van der Waals surface area contributed by atoms with Gasteiger partial charge in [0.2, 0.25) is 43.6 Å². The van der Waals surface area contributed by atoms with Gasteiger partial charge in [0.25, 0.3) is 0 Å². The number of pyridine rings is 2. The molecule has 2 aliphatic rings. The maximum Gasteiger partial charge on any atom is 0.416 e. The minimum atomic E-state index is -4.55. The first-order valence-corrected chi connectivity index (χ1v) is 24.1. The van der Waals surface area contributed by atoms with E-state index < -0.39 is 73.1 Å². The number of carbonyl (C=O) groups is 4. The number of ether oxygens (including phenoxy) is 4. The van der Waals surface area contributed by atoms with Crippen molar-refractivity contribution >= 4 is 67.0 Å². The average Bonchev–Trinajstić information content (AvgIpc) is 3.25. The summed E-state index contributed by atoms with van der Waals surface area (Å²) in [6.07, 6.45) is -4.55. The Labute approximate surface area is 399 Å². The standard InChI is InChI=1S/C22H21F3N4O6S.C21H21ClN4O6S/c1-3-35-21(31)17-8-14(9-26)18(27-20(17)34-2)29-10-15(11-29)19(30)28-36(32,33)12-13-4-6-16(7-5-13)22(23,24)25;1-3-32-21(28)17-8-14(9-23)18(24-20(17)31-2)26-10-15(11-26)19(27)25-33(29,30)12-13-4-6-16(22)7-5-13/h4-8,15H,3,10-12H2,1-2H3,(H,28,30);4-8,15H,3,10-12H2,1-2H3,(H,25,27). The number of aromatic nitrogens is 2. The van der Waals surface area contributed by atoms with Gasteiger partial charge in [-0.3, -0.25) is 19.0 Å². The van der Waals surface area contributed by atoms with Gasteiger partial charge in [-0.05, 0) is 61.4 Å². The molecule has 20 nitrogen and oxygen atoms in total. The van der Waals surface area contributed by atoms with E-state index in [-0.39, 0.29) is 96.4 Å². The van der Waals surface area contributed by atoms with Crippen LogP contribution in [0.25, 0.3) is 0 Å². The van der Waals surface area contributed by atoms with Gasteiger partial charge in [0, 0.05) is 31.2 Å². The predicted octanol–water partition coefficient (Wildman–Crippen LogP) is 4.11. The number of sulfonamides is 2. The highest BCUT2D eigenvalue weighted by Crippen LogP contribution is 2.33. The summed E-state index contributed by atoms with van der Waals surface area (Å²) in [5.41, 5.74) is -0.228. The third-order valence-corrected chi connectivity index (χ3v) is 12.8. The molecule has 26 heteroatoms. The van der Waals surface area contributed by atoms with E-state index in [1.165, 1.54) is 26.4 Å². The molecule has 2 amide bonds. The van der Waals surface area contributed by atoms with E-state index >= 15 is 0 Å². The third-order valence-electron chi connectivity index (χ3n) is 10.1. The van der Waals surface area contributed by atoms with Crippen molar-refractivity contribution in [2.75, 3.05) is 63.4 Å². The van der Waals surface area contributed by atoms with Gasteiger partial charge >= 0.3 is 18.1 Å². The van der Waals surface area contributed by atoms with Gasteiger partial charge in [0.05, 0.1) is 67.5 Å². The fourth-order valence-corrected chi connectivity index (χ4v) is 9.11. The second-order valence-corrected chi connectivity index (χ2v) is 18.9. The van der Waals surface area contributed by atoms with Crippen LogP contribution in [0.4, 0.5) is 24.8 Å². The molecule has 0 unspecified atom stereocenters. The minimum Gasteiger partial charge on any atom is -0.480 e. The van der Waals surface area contributed by atoms with Crippen molar-refractivity contribution in [1.82, 2.24) is 19.4 Å². The molecule has 2 saturated heterocycles. The number of alkyl halides is 3. The maximum absolute atomic E-state index is 12.7. The maximum atomic E-state index is 12.7. The van der Waals surface area contributed by atoms with E-state index in [1.54, 1.807) is 47.9 Å². The lowest BCUT2D eigenvalue weighted by molar-refractivity contribution is -0.137. The van der Waals surface area contributed by atoms with Crippen LogP contribution in [-0.4, -0.2) is 104 Å². The Bertz CT molecular complexity index is 2900. The molecular weight excluding hydrogens is 977 g/mol. The molecule has 2 N–H and O–H groups in total. The van der Waals surface area contributed by atoms with Gasteiger partial charge in [-0.25, -0.2) is 26.4 Å². The fourth-order valence-electron chi connectivity index (χ4n) is 6.63. The lowest BCUT2D eigenvalue weighted by atomic mass is 9.98. The average molecular weight is 1020 g/mol. The molecule has 4 heterocycles. The summed E-state index contributed by atoms with van der Waals surface area (Å²) in [7, 11) is -5.44. The van der Waals surface area contributed by atoms with E-state index in [9.17, 15) is 59.7 Å². The van der Waals surface area contributed by atoms with Gasteiger partial charge in [-0.2, -0.15) is 33.7 Å². The molecule has 0 aliphatic carbocycles. The number of amides is 2. The minimum absolute atomic E-state index is 0.0131. The van der Waals surface area contributed by atoms with E-state index in [0.29, 0.717) is 10.6 Å². The van der Waals surface area contributed by atoms with Crippen molar-refractivity contribution in [3.05, 3.63) is 105 Å². The normalized spacial score (nSPS) is 13.8. The fraction of sp³-hybridized carbons (Fsp3) is 0.349. The number of halogens is 4. The van der Waals surface area contributed by atoms with Crippen LogP contribution in [0.2, 0.25) is 5.02 Å². The SMILES string of the molecule is CCOC(=O)c1cc(C#N)c(N2CC(C(=O)NS(=O)(=O)Cc3ccc(C(F)(F)F)cc3)C2)nc1OC.CCOC(=O)c1cc(C#N)c(N2CC(C(=O)NS(=O)(=O)Cc3ccc(Cl)cc3)C2)nc1OC. The zero-order valence-electron chi connectivity index (χ0n) is 37.0. The number of carbonyl (C=O) groups excluding carboxylic acids is 4. The first kappa shape index (κ1) is 52.7. The van der Waals surface area contributed by atoms with E-state index in [2.05, 4.69) is 14.7 Å². The highest BCUT2D eigenvalue weighted by molar-refractivity contribution is 7.89. The molecule has 2 aromatic carbocycles. The zero-order chi connectivity index (χ0) is 50.8. The Hall–Kier alpha value is -7.22. The zero-order valence-corrected chi connectivity index (χ0v) is 39.4. The molecule has 0 saturated carbocycles. The summed E-state index contributed by atoms with van der Waals surface area (Å²) in [5, 5.41) is 19.5. The Morgan fingerprint density at radius 2 is 1.06 bits per heavy atom. The van der Waals surface area contributed by atoms with Crippen molar-refractivity contribution in [2.24, 2.45) is 11.8 Å². The van der Waals surface area contributed by atoms with Crippen LogP contribution in [0.15, 0.2) is 60.7 Å². The monoisotopic (exact) mass is 1020 g/mol. The summed E-state index contributed by atoms with van der Waals surface area (Å²) < 4.78 is 112. The Kier molecular flexibility index (Phi) is 17.0. The molecule has 2 fully saturated rings. The largest absolute Gasteiger partial charge is 0.480 e. The second kappa shape index (κ2) is 22.3. The molecular formula is C43H42ClF3N8O12S2. The van der Waals surface area contributed by atoms with E-state index in [1.807, 2.05) is 16.9 Å². The number of esters is 2. The summed E-state index contributed by atoms with van der Waals surface area (Å²) in [6, 6.07) is 16.3. The van der Waals surface area contributed by atoms with Crippen molar-refractivity contribution in [2.45, 2.75) is 31.5 Å². The van der Waals surface area contributed by atoms with Crippen LogP contribution in [-0.2, 0) is 56.8 Å². The molecule has 69 heavy (non-hydrogen) atoms. The van der Waals surface area contributed by atoms with Gasteiger partial charge < -0.3 is 28.7 Å². The van der Waals surface area contributed by atoms with Crippen LogP contribution in [0.5, 0.6) is 11.8 Å². The highest BCUT2D eigenvalue weighted by atomic mass is 35.5. The van der Waals surface area contributed by atoms with Crippen LogP contribution < -0.4 is 28.7 Å². The molecule has 0 atom stereocenters. The Morgan fingerprint density at radius 1 is 0.696 bits per heavy atom. The molecule has 366 valence electrons. The molecule has 2 aliphatic heterocycles. The number of nitrogens with zero attached hydrogens (tertiary/aromatic N) is 6. The summed E-state index contributed by atoms with van der Waals surface area (Å²) in [4.78, 5) is 60.7. The quantitative estimate of drug-likeness (QED) is 0.149. The Balaban J connectivity index is 0.000000258. The summed E-state index contributed by atoms with van der Waals surface area (Å²) >= 11 is 5.80. The van der Waals surface area contributed by atoms with Gasteiger partial charge in [-0.1, -0.05) is 35.9 Å². The van der Waals surface area contributed by atoms with E-state index in [4.69, 9.17) is 30.5 Å². The summed E-state index contributed by atoms with van der Waals surface area (Å²) in [5.74, 6) is -4.95. The Morgan fingerprint density at radius 3 is 1.38 bits per heavy atom. The number of anilines is 2. The van der Waals surface area contributed by atoms with Gasteiger partial charge in [0.1, 0.15) is 23.3 Å². The van der Waals surface area contributed by atoms with Crippen LogP contribution in [0.1, 0.15) is 62.4 Å². The number of benzene rings is 2. The number of rotatable bonds is 16. The van der Waals surface area contributed by atoms with Gasteiger partial charge in [-0.15, -0.1) is 0 Å². The summed E-state index contributed by atoms with van der Waals surface area (Å²) in [6.45, 7) is 3.88. The van der Waals surface area contributed by atoms with Crippen molar-refractivity contribution in [3.8, 4) is 23.9 Å². The van der Waals surface area contributed by atoms with Crippen molar-refractivity contribution < 1.29 is 68.1 Å². The smallest absolute Gasteiger partial charge is 0.416 e. The number of hydrogen-bond donors (Lipinski definition) is 2. The van der Waals surface area contributed by atoms with Crippen molar-refractivity contribution in [1.29, 1.82) is 10.5 Å². The van der Waals surface area contributed by atoms with Crippen molar-refractivity contribution in [3.63, 3.8) is 0 Å². The number of methoxy groups -OCH3 is 2. The molecule has 0 spiro atoms. The molecule has 0 radical (unpaired) electrons. The van der Waals surface area contributed by atoms with Crippen LogP contribution in [0, 0.1) is 34.5 Å². The molecule has 6 rings (SSSR count). The number of nitriles is 2.